The second-order valence-electron chi connectivity index (χ2n) is 6.75. The third-order valence-corrected chi connectivity index (χ3v) is 5.13. The molecule has 1 aromatic carbocycles. The average Bonchev–Trinajstić information content (AvgIpc) is 2.68. The molecule has 1 aromatic heterocycles. The summed E-state index contributed by atoms with van der Waals surface area (Å²) in [6.07, 6.45) is 4.37. The normalized spacial score (nSPS) is 20.8. The van der Waals surface area contributed by atoms with Crippen molar-refractivity contribution in [2.24, 2.45) is 0 Å². The van der Waals surface area contributed by atoms with Crippen molar-refractivity contribution in [1.82, 2.24) is 15.6 Å². The van der Waals surface area contributed by atoms with Crippen molar-refractivity contribution in [3.05, 3.63) is 53.2 Å². The average molecular weight is 339 g/mol. The first kappa shape index (κ1) is 16.4. The van der Waals surface area contributed by atoms with Crippen molar-refractivity contribution in [3.8, 4) is 11.6 Å². The Hall–Kier alpha value is -2.11. The van der Waals surface area contributed by atoms with Crippen LogP contribution < -0.4 is 20.1 Å². The largest absolute Gasteiger partial charge is 0.497 e. The Labute approximate surface area is 148 Å². The molecule has 2 N–H and O–H groups in total. The lowest BCUT2D eigenvalue weighted by Crippen LogP contribution is -2.34. The van der Waals surface area contributed by atoms with Crippen LogP contribution >= 0.6 is 0 Å². The van der Waals surface area contributed by atoms with Crippen LogP contribution in [0.2, 0.25) is 0 Å². The molecule has 0 saturated carbocycles. The highest BCUT2D eigenvalue weighted by Gasteiger charge is 2.23. The summed E-state index contributed by atoms with van der Waals surface area (Å²) in [5.74, 6) is 1.95. The van der Waals surface area contributed by atoms with Gasteiger partial charge >= 0.3 is 0 Å². The minimum Gasteiger partial charge on any atom is -0.497 e. The number of nitrogens with one attached hydrogen (secondary N) is 2. The number of aromatic nitrogens is 1. The van der Waals surface area contributed by atoms with Crippen LogP contribution in [-0.4, -0.2) is 37.8 Å². The van der Waals surface area contributed by atoms with Crippen LogP contribution in [0, 0.1) is 0 Å². The van der Waals surface area contributed by atoms with Gasteiger partial charge in [0.15, 0.2) is 0 Å². The second kappa shape index (κ2) is 7.42. The van der Waals surface area contributed by atoms with E-state index in [1.807, 2.05) is 18.3 Å². The molecule has 5 nitrogen and oxygen atoms in total. The Bertz CT molecular complexity index is 711. The molecule has 2 aliphatic rings. The number of nitrogens with zero attached hydrogens (tertiary/aromatic N) is 1. The molecule has 2 aliphatic heterocycles. The van der Waals surface area contributed by atoms with E-state index in [0.29, 0.717) is 5.92 Å². The molecule has 0 amide bonds. The van der Waals surface area contributed by atoms with E-state index < -0.39 is 0 Å². The van der Waals surface area contributed by atoms with Crippen molar-refractivity contribution in [2.75, 3.05) is 26.7 Å². The summed E-state index contributed by atoms with van der Waals surface area (Å²) in [6.45, 7) is 3.84. The third kappa shape index (κ3) is 3.62. The van der Waals surface area contributed by atoms with Crippen molar-refractivity contribution in [2.45, 2.75) is 31.4 Å². The Morgan fingerprint density at radius 3 is 2.64 bits per heavy atom. The lowest BCUT2D eigenvalue weighted by atomic mass is 9.87. The predicted molar refractivity (Wildman–Crippen MR) is 97.3 cm³/mol. The summed E-state index contributed by atoms with van der Waals surface area (Å²) in [5.41, 5.74) is 3.86. The van der Waals surface area contributed by atoms with Crippen LogP contribution in [0.25, 0.3) is 0 Å². The number of fused-ring (bicyclic) bond motifs is 1. The summed E-state index contributed by atoms with van der Waals surface area (Å²) < 4.78 is 11.4. The van der Waals surface area contributed by atoms with Gasteiger partial charge in [-0.05, 0) is 54.8 Å². The molecule has 2 aromatic rings. The summed E-state index contributed by atoms with van der Waals surface area (Å²) >= 11 is 0. The second-order valence-corrected chi connectivity index (χ2v) is 6.75. The highest BCUT2D eigenvalue weighted by atomic mass is 16.5. The first-order chi connectivity index (χ1) is 12.3. The molecule has 0 bridgehead atoms. The van der Waals surface area contributed by atoms with Gasteiger partial charge < -0.3 is 20.1 Å². The van der Waals surface area contributed by atoms with Crippen molar-refractivity contribution in [3.63, 3.8) is 0 Å². The first-order valence-corrected chi connectivity index (χ1v) is 9.04. The van der Waals surface area contributed by atoms with E-state index >= 15 is 0 Å². The minimum absolute atomic E-state index is 0.278. The molecule has 1 unspecified atom stereocenters. The summed E-state index contributed by atoms with van der Waals surface area (Å²) in [6, 6.07) is 10.4. The van der Waals surface area contributed by atoms with E-state index in [1.54, 1.807) is 7.11 Å². The number of piperidine rings is 1. The van der Waals surface area contributed by atoms with Crippen LogP contribution in [0.15, 0.2) is 36.5 Å². The fourth-order valence-corrected chi connectivity index (χ4v) is 3.70. The van der Waals surface area contributed by atoms with E-state index in [0.717, 1.165) is 50.7 Å². The van der Waals surface area contributed by atoms with Gasteiger partial charge in [-0.3, -0.25) is 0 Å². The van der Waals surface area contributed by atoms with Gasteiger partial charge in [-0.1, -0.05) is 12.1 Å². The molecule has 5 heteroatoms. The smallest absolute Gasteiger partial charge is 0.213 e. The molecule has 0 aliphatic carbocycles. The molecule has 1 saturated heterocycles. The molecule has 0 radical (unpaired) electrons. The number of hydrogen-bond acceptors (Lipinski definition) is 5. The zero-order chi connectivity index (χ0) is 17.1. The maximum absolute atomic E-state index is 6.10. The van der Waals surface area contributed by atoms with Crippen LogP contribution in [0.3, 0.4) is 0 Å². The van der Waals surface area contributed by atoms with Gasteiger partial charge in [0.2, 0.25) is 5.88 Å². The number of benzene rings is 1. The van der Waals surface area contributed by atoms with Gasteiger partial charge in [0.25, 0.3) is 0 Å². The molecule has 4 rings (SSSR count). The predicted octanol–water partition coefficient (Wildman–Crippen LogP) is 2.46. The monoisotopic (exact) mass is 339 g/mol. The topological polar surface area (TPSA) is 55.4 Å². The Balaban J connectivity index is 1.54. The molecule has 25 heavy (non-hydrogen) atoms. The summed E-state index contributed by atoms with van der Waals surface area (Å²) in [4.78, 5) is 4.60. The maximum atomic E-state index is 6.10. The van der Waals surface area contributed by atoms with Crippen molar-refractivity contribution >= 4 is 0 Å². The fourth-order valence-electron chi connectivity index (χ4n) is 3.70. The Morgan fingerprint density at radius 1 is 1.08 bits per heavy atom. The number of hydrogen-bond donors (Lipinski definition) is 2. The number of ether oxygens (including phenoxy) is 2. The number of methoxy groups -OCH3 is 1. The van der Waals surface area contributed by atoms with E-state index in [2.05, 4.69) is 33.8 Å². The lowest BCUT2D eigenvalue weighted by molar-refractivity contribution is 0.155. The Morgan fingerprint density at radius 2 is 1.88 bits per heavy atom. The maximum Gasteiger partial charge on any atom is 0.213 e. The van der Waals surface area contributed by atoms with Crippen molar-refractivity contribution in [1.29, 1.82) is 0 Å². The van der Waals surface area contributed by atoms with Gasteiger partial charge in [0.05, 0.1) is 7.11 Å². The minimum atomic E-state index is 0.278. The summed E-state index contributed by atoms with van der Waals surface area (Å²) in [7, 11) is 1.69. The van der Waals surface area contributed by atoms with Gasteiger partial charge in [-0.15, -0.1) is 0 Å². The van der Waals surface area contributed by atoms with Gasteiger partial charge in [0.1, 0.15) is 11.9 Å². The van der Waals surface area contributed by atoms with Gasteiger partial charge in [0, 0.05) is 31.3 Å². The molecule has 1 fully saturated rings. The quantitative estimate of drug-likeness (QED) is 0.896. The van der Waals surface area contributed by atoms with E-state index in [-0.39, 0.29) is 6.10 Å². The third-order valence-electron chi connectivity index (χ3n) is 5.13. The SMILES string of the molecule is COc1ccc(C2CNCc3cc(OC4CCNCC4)ncc32)cc1. The molecule has 3 heterocycles. The van der Waals surface area contributed by atoms with Gasteiger partial charge in [-0.25, -0.2) is 4.98 Å². The lowest BCUT2D eigenvalue weighted by Gasteiger charge is -2.28. The standard InChI is InChI=1S/C20H25N3O2/c1-24-16-4-2-14(3-5-16)18-12-22-11-15-10-20(23-13-19(15)18)25-17-6-8-21-9-7-17/h2-5,10,13,17-18,21-22H,6-9,11-12H2,1H3. The van der Waals surface area contributed by atoms with Crippen LogP contribution in [0.5, 0.6) is 11.6 Å². The van der Waals surface area contributed by atoms with E-state index in [9.17, 15) is 0 Å². The number of rotatable bonds is 4. The zero-order valence-corrected chi connectivity index (χ0v) is 14.6. The molecule has 0 spiro atoms. The zero-order valence-electron chi connectivity index (χ0n) is 14.6. The number of pyridine rings is 1. The van der Waals surface area contributed by atoms with Crippen LogP contribution in [0.4, 0.5) is 0 Å². The molecule has 1 atom stereocenters. The van der Waals surface area contributed by atoms with Crippen LogP contribution in [0.1, 0.15) is 35.4 Å². The molecule has 132 valence electrons. The van der Waals surface area contributed by atoms with E-state index in [1.165, 1.54) is 16.7 Å². The molecular formula is C20H25N3O2. The molecular weight excluding hydrogens is 314 g/mol. The fraction of sp³-hybridized carbons (Fsp3) is 0.450. The first-order valence-electron chi connectivity index (χ1n) is 9.04. The van der Waals surface area contributed by atoms with Crippen molar-refractivity contribution < 1.29 is 9.47 Å². The summed E-state index contributed by atoms with van der Waals surface area (Å²) in [5, 5.41) is 6.89. The highest BCUT2D eigenvalue weighted by Crippen LogP contribution is 2.32. The van der Waals surface area contributed by atoms with Crippen LogP contribution in [-0.2, 0) is 6.54 Å². The van der Waals surface area contributed by atoms with E-state index in [4.69, 9.17) is 9.47 Å². The Kier molecular flexibility index (Phi) is 4.85. The highest BCUT2D eigenvalue weighted by molar-refractivity contribution is 5.42. The van der Waals surface area contributed by atoms with Gasteiger partial charge in [-0.2, -0.15) is 0 Å².